The summed E-state index contributed by atoms with van der Waals surface area (Å²) in [5, 5.41) is 8.23. The Hall–Kier alpha value is -4.26. The zero-order chi connectivity index (χ0) is 20.5. The molecule has 0 spiro atoms. The fourth-order valence-electron chi connectivity index (χ4n) is 3.49. The number of benzene rings is 3. The molecule has 0 saturated heterocycles. The summed E-state index contributed by atoms with van der Waals surface area (Å²) in [5.74, 6) is 0.00797. The van der Waals surface area contributed by atoms with Crippen molar-refractivity contribution in [3.63, 3.8) is 0 Å². The lowest BCUT2D eigenvalue weighted by Gasteiger charge is -2.11. The van der Waals surface area contributed by atoms with Crippen LogP contribution in [0.25, 0.3) is 27.5 Å². The van der Waals surface area contributed by atoms with E-state index < -0.39 is 0 Å². The lowest BCUT2D eigenvalue weighted by molar-refractivity contribution is -0.117. The standard InChI is InChI=1S/C23H17N5O2/c29-21(15-27-22(30)18-11-5-4-8-16(18)14-24-27)26-23-25-19-12-6-7-13-20(19)28(23)17-9-2-1-3-10-17/h1-14H,15H2,(H,25,26,29). The first-order chi connectivity index (χ1) is 14.7. The van der Waals surface area contributed by atoms with Crippen molar-refractivity contribution >= 4 is 33.7 Å². The lowest BCUT2D eigenvalue weighted by atomic mass is 10.2. The predicted molar refractivity (Wildman–Crippen MR) is 116 cm³/mol. The highest BCUT2D eigenvalue weighted by molar-refractivity contribution is 5.92. The molecule has 0 fully saturated rings. The van der Waals surface area contributed by atoms with Gasteiger partial charge in [-0.05, 0) is 30.3 Å². The van der Waals surface area contributed by atoms with Crippen molar-refractivity contribution in [2.45, 2.75) is 6.54 Å². The number of fused-ring (bicyclic) bond motifs is 2. The van der Waals surface area contributed by atoms with Crippen LogP contribution in [0.2, 0.25) is 0 Å². The highest BCUT2D eigenvalue weighted by Crippen LogP contribution is 2.24. The monoisotopic (exact) mass is 395 g/mol. The van der Waals surface area contributed by atoms with Crippen LogP contribution in [0.1, 0.15) is 0 Å². The molecule has 1 N–H and O–H groups in total. The van der Waals surface area contributed by atoms with Crippen LogP contribution in [0.5, 0.6) is 0 Å². The maximum Gasteiger partial charge on any atom is 0.275 e. The summed E-state index contributed by atoms with van der Waals surface area (Å²) >= 11 is 0. The van der Waals surface area contributed by atoms with Crippen LogP contribution >= 0.6 is 0 Å². The molecular weight excluding hydrogens is 378 g/mol. The SMILES string of the molecule is O=C(Cn1ncc2ccccc2c1=O)Nc1nc2ccccc2n1-c1ccccc1. The second kappa shape index (κ2) is 7.29. The predicted octanol–water partition coefficient (Wildman–Crippen LogP) is 3.37. The normalized spacial score (nSPS) is 11.1. The van der Waals surface area contributed by atoms with Gasteiger partial charge in [0.05, 0.1) is 22.6 Å². The largest absolute Gasteiger partial charge is 0.294 e. The number of anilines is 1. The van der Waals surface area contributed by atoms with E-state index in [1.165, 1.54) is 0 Å². The van der Waals surface area contributed by atoms with Crippen molar-refractivity contribution in [2.24, 2.45) is 0 Å². The quantitative estimate of drug-likeness (QED) is 0.506. The molecule has 5 rings (SSSR count). The van der Waals surface area contributed by atoms with E-state index in [2.05, 4.69) is 15.4 Å². The molecule has 0 bridgehead atoms. The van der Waals surface area contributed by atoms with E-state index in [1.807, 2.05) is 71.3 Å². The molecule has 30 heavy (non-hydrogen) atoms. The van der Waals surface area contributed by atoms with Gasteiger partial charge in [0, 0.05) is 11.1 Å². The van der Waals surface area contributed by atoms with Gasteiger partial charge in [0.25, 0.3) is 5.56 Å². The Labute approximate surface area is 171 Å². The molecule has 146 valence electrons. The Morgan fingerprint density at radius 3 is 2.50 bits per heavy atom. The Kier molecular flexibility index (Phi) is 4.33. The van der Waals surface area contributed by atoms with Gasteiger partial charge in [0.1, 0.15) is 6.54 Å². The zero-order valence-electron chi connectivity index (χ0n) is 15.9. The van der Waals surface area contributed by atoms with Gasteiger partial charge in [-0.15, -0.1) is 0 Å². The van der Waals surface area contributed by atoms with Crippen LogP contribution in [0, 0.1) is 0 Å². The number of nitrogens with zero attached hydrogens (tertiary/aromatic N) is 4. The van der Waals surface area contributed by atoms with Crippen molar-refractivity contribution in [3.05, 3.63) is 95.4 Å². The summed E-state index contributed by atoms with van der Waals surface area (Å²) in [4.78, 5) is 30.0. The van der Waals surface area contributed by atoms with E-state index in [9.17, 15) is 9.59 Å². The third kappa shape index (κ3) is 3.12. The molecule has 7 heteroatoms. The average molecular weight is 395 g/mol. The highest BCUT2D eigenvalue weighted by atomic mass is 16.2. The van der Waals surface area contributed by atoms with Gasteiger partial charge in [0.15, 0.2) is 0 Å². The maximum atomic E-state index is 12.8. The summed E-state index contributed by atoms with van der Waals surface area (Å²) in [5.41, 5.74) is 2.21. The number of aromatic nitrogens is 4. The van der Waals surface area contributed by atoms with Crippen LogP contribution in [0.4, 0.5) is 5.95 Å². The molecule has 0 saturated carbocycles. The van der Waals surface area contributed by atoms with Crippen LogP contribution in [-0.4, -0.2) is 25.2 Å². The maximum absolute atomic E-state index is 12.8. The summed E-state index contributed by atoms with van der Waals surface area (Å²) in [7, 11) is 0. The van der Waals surface area contributed by atoms with Crippen LogP contribution in [0.15, 0.2) is 89.9 Å². The lowest BCUT2D eigenvalue weighted by Crippen LogP contribution is -2.30. The minimum Gasteiger partial charge on any atom is -0.294 e. The molecule has 1 amide bonds. The zero-order valence-corrected chi connectivity index (χ0v) is 15.9. The molecule has 0 aliphatic carbocycles. The molecule has 3 aromatic carbocycles. The average Bonchev–Trinajstić information content (AvgIpc) is 3.14. The van der Waals surface area contributed by atoms with Crippen molar-refractivity contribution in [1.29, 1.82) is 0 Å². The molecule has 0 unspecified atom stereocenters. The van der Waals surface area contributed by atoms with Crippen molar-refractivity contribution in [1.82, 2.24) is 19.3 Å². The Bertz CT molecular complexity index is 1440. The van der Waals surface area contributed by atoms with Gasteiger partial charge < -0.3 is 0 Å². The number of amides is 1. The number of nitrogens with one attached hydrogen (secondary N) is 1. The fraction of sp³-hybridized carbons (Fsp3) is 0.0435. The summed E-state index contributed by atoms with van der Waals surface area (Å²) in [6.45, 7) is -0.207. The smallest absolute Gasteiger partial charge is 0.275 e. The summed E-state index contributed by atoms with van der Waals surface area (Å²) in [6, 6.07) is 24.5. The third-order valence-corrected chi connectivity index (χ3v) is 4.88. The van der Waals surface area contributed by atoms with Crippen LogP contribution < -0.4 is 10.9 Å². The van der Waals surface area contributed by atoms with E-state index >= 15 is 0 Å². The van der Waals surface area contributed by atoms with E-state index in [-0.39, 0.29) is 18.0 Å². The molecule has 0 aliphatic rings. The Morgan fingerprint density at radius 2 is 1.63 bits per heavy atom. The first kappa shape index (κ1) is 17.8. The number of para-hydroxylation sites is 3. The molecular formula is C23H17N5O2. The summed E-state index contributed by atoms with van der Waals surface area (Å²) < 4.78 is 3.04. The van der Waals surface area contributed by atoms with Gasteiger partial charge in [-0.1, -0.05) is 48.5 Å². The number of imidazole rings is 1. The molecule has 7 nitrogen and oxygen atoms in total. The van der Waals surface area contributed by atoms with Crippen molar-refractivity contribution < 1.29 is 4.79 Å². The van der Waals surface area contributed by atoms with E-state index in [0.717, 1.165) is 26.8 Å². The Balaban J connectivity index is 1.50. The van der Waals surface area contributed by atoms with E-state index in [1.54, 1.807) is 18.3 Å². The van der Waals surface area contributed by atoms with Gasteiger partial charge in [-0.3, -0.25) is 19.5 Å². The first-order valence-corrected chi connectivity index (χ1v) is 9.48. The van der Waals surface area contributed by atoms with Crippen molar-refractivity contribution in [2.75, 3.05) is 5.32 Å². The number of hydrogen-bond donors (Lipinski definition) is 1. The minimum atomic E-state index is -0.382. The van der Waals surface area contributed by atoms with Crippen LogP contribution in [-0.2, 0) is 11.3 Å². The van der Waals surface area contributed by atoms with E-state index in [0.29, 0.717) is 11.3 Å². The first-order valence-electron chi connectivity index (χ1n) is 9.48. The van der Waals surface area contributed by atoms with Gasteiger partial charge >= 0.3 is 0 Å². The van der Waals surface area contributed by atoms with Crippen LogP contribution in [0.3, 0.4) is 0 Å². The molecule has 2 aromatic heterocycles. The third-order valence-electron chi connectivity index (χ3n) is 4.88. The topological polar surface area (TPSA) is 81.8 Å². The van der Waals surface area contributed by atoms with Gasteiger partial charge in [0.2, 0.25) is 11.9 Å². The number of carbonyl (C=O) groups is 1. The molecule has 0 radical (unpaired) electrons. The molecule has 0 atom stereocenters. The number of rotatable bonds is 4. The fourth-order valence-corrected chi connectivity index (χ4v) is 3.49. The number of hydrogen-bond acceptors (Lipinski definition) is 4. The van der Waals surface area contributed by atoms with Gasteiger partial charge in [-0.25, -0.2) is 9.67 Å². The second-order valence-corrected chi connectivity index (χ2v) is 6.84. The Morgan fingerprint density at radius 1 is 0.900 bits per heavy atom. The number of carbonyl (C=O) groups excluding carboxylic acids is 1. The molecule has 0 aliphatic heterocycles. The minimum absolute atomic E-state index is 0.207. The molecule has 2 heterocycles. The highest BCUT2D eigenvalue weighted by Gasteiger charge is 2.16. The van der Waals surface area contributed by atoms with Gasteiger partial charge in [-0.2, -0.15) is 5.10 Å². The van der Waals surface area contributed by atoms with E-state index in [4.69, 9.17) is 0 Å². The van der Waals surface area contributed by atoms with Crippen molar-refractivity contribution in [3.8, 4) is 5.69 Å². The summed E-state index contributed by atoms with van der Waals surface area (Å²) in [6.07, 6.45) is 1.59. The molecule has 5 aromatic rings. The second-order valence-electron chi connectivity index (χ2n) is 6.84.